The number of anilines is 2. The van der Waals surface area contributed by atoms with Gasteiger partial charge in [0.05, 0.1) is 23.3 Å². The Bertz CT molecular complexity index is 878. The molecule has 120 valence electrons. The minimum absolute atomic E-state index is 0.189. The maximum Gasteiger partial charge on any atom is 0.275 e. The van der Waals surface area contributed by atoms with Crippen LogP contribution in [-0.4, -0.2) is 20.9 Å². The van der Waals surface area contributed by atoms with Crippen LogP contribution in [0, 0.1) is 12.9 Å². The van der Waals surface area contributed by atoms with E-state index in [4.69, 9.17) is 5.73 Å². The summed E-state index contributed by atoms with van der Waals surface area (Å²) in [5.74, 6) is -0.968. The number of nitrogens with zero attached hydrogens (tertiary/aromatic N) is 3. The van der Waals surface area contributed by atoms with Crippen molar-refractivity contribution < 1.29 is 9.18 Å². The number of aryl methyl sites for hydroxylation is 1. The molecule has 0 spiro atoms. The van der Waals surface area contributed by atoms with Crippen LogP contribution >= 0.6 is 0 Å². The predicted octanol–water partition coefficient (Wildman–Crippen LogP) is 2.82. The number of aromatic nitrogens is 3. The zero-order valence-corrected chi connectivity index (χ0v) is 12.8. The Kier molecular flexibility index (Phi) is 4.15. The molecule has 6 nitrogen and oxygen atoms in total. The molecule has 0 bridgehead atoms. The van der Waals surface area contributed by atoms with Crippen molar-refractivity contribution in [3.63, 3.8) is 0 Å². The largest absolute Gasteiger partial charge is 0.397 e. The number of carbonyl (C=O) groups is 1. The summed E-state index contributed by atoms with van der Waals surface area (Å²) in [4.78, 5) is 23.9. The van der Waals surface area contributed by atoms with Crippen LogP contribution in [0.25, 0.3) is 11.1 Å². The number of nitrogen functional groups attached to an aromatic ring is 1. The highest BCUT2D eigenvalue weighted by Crippen LogP contribution is 2.27. The molecule has 1 aromatic carbocycles. The van der Waals surface area contributed by atoms with E-state index in [0.29, 0.717) is 16.9 Å². The molecule has 0 atom stereocenters. The summed E-state index contributed by atoms with van der Waals surface area (Å²) >= 11 is 0. The Hall–Kier alpha value is -3.35. The molecule has 2 heterocycles. The third-order valence-corrected chi connectivity index (χ3v) is 3.38. The zero-order chi connectivity index (χ0) is 17.1. The second-order valence-electron chi connectivity index (χ2n) is 5.17. The Morgan fingerprint density at radius 2 is 1.83 bits per heavy atom. The molecule has 7 heteroatoms. The molecule has 1 amide bonds. The maximum atomic E-state index is 12.9. The highest BCUT2D eigenvalue weighted by atomic mass is 19.1. The van der Waals surface area contributed by atoms with Crippen molar-refractivity contribution >= 4 is 17.3 Å². The first-order valence-electron chi connectivity index (χ1n) is 7.14. The monoisotopic (exact) mass is 323 g/mol. The van der Waals surface area contributed by atoms with Crippen LogP contribution in [0.15, 0.2) is 48.9 Å². The Balaban J connectivity index is 1.87. The Labute approximate surface area is 137 Å². The highest BCUT2D eigenvalue weighted by molar-refractivity contribution is 6.04. The van der Waals surface area contributed by atoms with Gasteiger partial charge in [0.25, 0.3) is 5.91 Å². The molecule has 0 saturated carbocycles. The van der Waals surface area contributed by atoms with Gasteiger partial charge in [-0.25, -0.2) is 9.97 Å². The van der Waals surface area contributed by atoms with E-state index in [1.165, 1.54) is 24.7 Å². The molecule has 3 rings (SSSR count). The summed E-state index contributed by atoms with van der Waals surface area (Å²) < 4.78 is 12.9. The summed E-state index contributed by atoms with van der Waals surface area (Å²) in [5, 5.41) is 2.71. The van der Waals surface area contributed by atoms with Crippen LogP contribution < -0.4 is 11.1 Å². The minimum atomic E-state index is -0.555. The van der Waals surface area contributed by atoms with E-state index >= 15 is 0 Å². The SMILES string of the molecule is Cc1cnc(C(=O)Nc2cc(-c3ccc(F)nc3)ccc2N)cn1. The summed E-state index contributed by atoms with van der Waals surface area (Å²) in [7, 11) is 0. The number of rotatable bonds is 3. The van der Waals surface area contributed by atoms with E-state index in [1.54, 1.807) is 31.2 Å². The zero-order valence-electron chi connectivity index (χ0n) is 12.8. The highest BCUT2D eigenvalue weighted by Gasteiger charge is 2.11. The topological polar surface area (TPSA) is 93.8 Å². The lowest BCUT2D eigenvalue weighted by Crippen LogP contribution is -2.15. The summed E-state index contributed by atoms with van der Waals surface area (Å²) in [6, 6.07) is 8.00. The van der Waals surface area contributed by atoms with Crippen molar-refractivity contribution in [1.29, 1.82) is 0 Å². The number of nitrogens with one attached hydrogen (secondary N) is 1. The van der Waals surface area contributed by atoms with Gasteiger partial charge in [0.2, 0.25) is 5.95 Å². The third-order valence-electron chi connectivity index (χ3n) is 3.38. The number of hydrogen-bond donors (Lipinski definition) is 2. The average molecular weight is 323 g/mol. The molecule has 24 heavy (non-hydrogen) atoms. The normalized spacial score (nSPS) is 10.4. The number of hydrogen-bond acceptors (Lipinski definition) is 5. The van der Waals surface area contributed by atoms with Crippen molar-refractivity contribution in [2.45, 2.75) is 6.92 Å². The first-order valence-corrected chi connectivity index (χ1v) is 7.14. The fraction of sp³-hybridized carbons (Fsp3) is 0.0588. The molecule has 0 radical (unpaired) electrons. The van der Waals surface area contributed by atoms with Gasteiger partial charge in [0.1, 0.15) is 5.69 Å². The van der Waals surface area contributed by atoms with Gasteiger partial charge in [0.15, 0.2) is 0 Å². The molecule has 0 aliphatic carbocycles. The third kappa shape index (κ3) is 3.35. The molecule has 0 aliphatic heterocycles. The van der Waals surface area contributed by atoms with Crippen molar-refractivity contribution in [2.75, 3.05) is 11.1 Å². The van der Waals surface area contributed by atoms with E-state index in [0.717, 1.165) is 11.3 Å². The van der Waals surface area contributed by atoms with Crippen LogP contribution in [-0.2, 0) is 0 Å². The van der Waals surface area contributed by atoms with E-state index in [9.17, 15) is 9.18 Å². The standard InChI is InChI=1S/C17H14FN5O/c1-10-7-21-15(9-20-10)17(24)23-14-6-11(2-4-13(14)19)12-3-5-16(18)22-8-12/h2-9H,19H2,1H3,(H,23,24). The van der Waals surface area contributed by atoms with Crippen LogP contribution in [0.3, 0.4) is 0 Å². The second-order valence-corrected chi connectivity index (χ2v) is 5.17. The Morgan fingerprint density at radius 3 is 2.50 bits per heavy atom. The maximum absolute atomic E-state index is 12.9. The number of amides is 1. The van der Waals surface area contributed by atoms with Gasteiger partial charge >= 0.3 is 0 Å². The summed E-state index contributed by atoms with van der Waals surface area (Å²) in [6.45, 7) is 1.78. The van der Waals surface area contributed by atoms with Gasteiger partial charge in [-0.15, -0.1) is 0 Å². The number of benzene rings is 1. The van der Waals surface area contributed by atoms with Crippen molar-refractivity contribution in [3.8, 4) is 11.1 Å². The van der Waals surface area contributed by atoms with E-state index < -0.39 is 11.9 Å². The van der Waals surface area contributed by atoms with Crippen LogP contribution in [0.1, 0.15) is 16.2 Å². The van der Waals surface area contributed by atoms with Crippen LogP contribution in [0.4, 0.5) is 15.8 Å². The molecule has 3 aromatic rings. The molecular weight excluding hydrogens is 309 g/mol. The molecular formula is C17H14FN5O. The average Bonchev–Trinajstić information content (AvgIpc) is 2.58. The Morgan fingerprint density at radius 1 is 1.04 bits per heavy atom. The van der Waals surface area contributed by atoms with Crippen molar-refractivity contribution in [2.24, 2.45) is 0 Å². The summed E-state index contributed by atoms with van der Waals surface area (Å²) in [6.07, 6.45) is 4.32. The number of halogens is 1. The lowest BCUT2D eigenvalue weighted by molar-refractivity contribution is 0.102. The van der Waals surface area contributed by atoms with Gasteiger partial charge in [-0.3, -0.25) is 9.78 Å². The number of pyridine rings is 1. The van der Waals surface area contributed by atoms with Crippen molar-refractivity contribution in [3.05, 3.63) is 66.3 Å². The molecule has 2 aromatic heterocycles. The first kappa shape index (κ1) is 15.5. The molecule has 0 aliphatic rings. The van der Waals surface area contributed by atoms with E-state index in [1.807, 2.05) is 0 Å². The molecule has 3 N–H and O–H groups in total. The van der Waals surface area contributed by atoms with E-state index in [-0.39, 0.29) is 5.69 Å². The molecule has 0 unspecified atom stereocenters. The molecule has 0 fully saturated rings. The van der Waals surface area contributed by atoms with Crippen molar-refractivity contribution in [1.82, 2.24) is 15.0 Å². The minimum Gasteiger partial charge on any atom is -0.397 e. The van der Waals surface area contributed by atoms with Crippen LogP contribution in [0.2, 0.25) is 0 Å². The smallest absolute Gasteiger partial charge is 0.275 e. The fourth-order valence-corrected chi connectivity index (χ4v) is 2.09. The van der Waals surface area contributed by atoms with Gasteiger partial charge in [0, 0.05) is 18.0 Å². The van der Waals surface area contributed by atoms with Crippen LogP contribution in [0.5, 0.6) is 0 Å². The second kappa shape index (κ2) is 6.41. The van der Waals surface area contributed by atoms with Gasteiger partial charge in [-0.05, 0) is 36.8 Å². The van der Waals surface area contributed by atoms with Gasteiger partial charge in [-0.1, -0.05) is 6.07 Å². The molecule has 0 saturated heterocycles. The lowest BCUT2D eigenvalue weighted by Gasteiger charge is -2.10. The first-order chi connectivity index (χ1) is 11.5. The number of carbonyl (C=O) groups excluding carboxylic acids is 1. The predicted molar refractivity (Wildman–Crippen MR) is 88.8 cm³/mol. The van der Waals surface area contributed by atoms with Gasteiger partial charge < -0.3 is 11.1 Å². The summed E-state index contributed by atoms with van der Waals surface area (Å²) in [5.41, 5.74) is 9.13. The quantitative estimate of drug-likeness (QED) is 0.571. The number of nitrogens with two attached hydrogens (primary N) is 1. The lowest BCUT2D eigenvalue weighted by atomic mass is 10.1. The van der Waals surface area contributed by atoms with Gasteiger partial charge in [-0.2, -0.15) is 4.39 Å². The van der Waals surface area contributed by atoms with E-state index in [2.05, 4.69) is 20.3 Å². The fourth-order valence-electron chi connectivity index (χ4n) is 2.09.